The molecule has 1 amide bonds. The zero-order chi connectivity index (χ0) is 22.1. The summed E-state index contributed by atoms with van der Waals surface area (Å²) in [6.45, 7) is 10.8. The quantitative estimate of drug-likeness (QED) is 0.283. The minimum absolute atomic E-state index is 0.198. The van der Waals surface area contributed by atoms with Gasteiger partial charge < -0.3 is 9.84 Å². The maximum absolute atomic E-state index is 10.3. The summed E-state index contributed by atoms with van der Waals surface area (Å²) in [4.78, 5) is 14.7. The van der Waals surface area contributed by atoms with Gasteiger partial charge >= 0.3 is 0 Å². The smallest absolute Gasteiger partial charge is 0.279 e. The molecule has 0 radical (unpaired) electrons. The Balaban J connectivity index is 0.000000396. The van der Waals surface area contributed by atoms with Crippen LogP contribution in [0.3, 0.4) is 0 Å². The van der Waals surface area contributed by atoms with Crippen molar-refractivity contribution in [2.75, 3.05) is 0 Å². The van der Waals surface area contributed by atoms with Crippen LogP contribution in [0.5, 0.6) is 16.7 Å². The Morgan fingerprint density at radius 1 is 1.27 bits per heavy atom. The highest BCUT2D eigenvalue weighted by Crippen LogP contribution is 2.33. The fraction of sp³-hybridized carbons (Fsp3) is 0.348. The van der Waals surface area contributed by atoms with Crippen LogP contribution in [0.2, 0.25) is 0 Å². The van der Waals surface area contributed by atoms with E-state index >= 15 is 0 Å². The number of aromatic hydroxyl groups is 1. The second kappa shape index (κ2) is 10.7. The third-order valence-corrected chi connectivity index (χ3v) is 4.99. The van der Waals surface area contributed by atoms with Gasteiger partial charge in [0.2, 0.25) is 6.41 Å². The van der Waals surface area contributed by atoms with Gasteiger partial charge in [-0.3, -0.25) is 4.79 Å². The summed E-state index contributed by atoms with van der Waals surface area (Å²) in [5, 5.41) is 13.9. The van der Waals surface area contributed by atoms with E-state index in [4.69, 9.17) is 4.74 Å². The maximum Gasteiger partial charge on any atom is 0.279 e. The Labute approximate surface area is 181 Å². The molecule has 0 saturated heterocycles. The van der Waals surface area contributed by atoms with E-state index in [0.29, 0.717) is 28.5 Å². The molecule has 2 aromatic carbocycles. The van der Waals surface area contributed by atoms with Gasteiger partial charge in [-0.25, -0.2) is 10.4 Å². The molecule has 7 heteroatoms. The number of rotatable bonds is 6. The van der Waals surface area contributed by atoms with Gasteiger partial charge in [0.05, 0.1) is 15.9 Å². The zero-order valence-electron chi connectivity index (χ0n) is 18.1. The predicted octanol–water partition coefficient (Wildman–Crippen LogP) is 6.10. The maximum atomic E-state index is 10.3. The number of aromatic nitrogens is 1. The third-order valence-electron chi connectivity index (χ3n) is 4.09. The van der Waals surface area contributed by atoms with Crippen LogP contribution in [0.25, 0.3) is 10.2 Å². The van der Waals surface area contributed by atoms with Gasteiger partial charge in [0.15, 0.2) is 0 Å². The molecule has 0 aliphatic heterocycles. The molecule has 30 heavy (non-hydrogen) atoms. The van der Waals surface area contributed by atoms with Crippen LogP contribution >= 0.6 is 11.3 Å². The fourth-order valence-corrected chi connectivity index (χ4v) is 3.63. The number of nitrogens with one attached hydrogen (secondary N) is 1. The Kier molecular flexibility index (Phi) is 8.35. The molecule has 0 spiro atoms. The highest BCUT2D eigenvalue weighted by Gasteiger charge is 2.08. The first kappa shape index (κ1) is 23.3. The minimum atomic E-state index is 0.198. The van der Waals surface area contributed by atoms with Crippen molar-refractivity contribution < 1.29 is 14.6 Å². The number of hydrazone groups is 1. The molecule has 3 aromatic rings. The van der Waals surface area contributed by atoms with E-state index < -0.39 is 0 Å². The molecule has 1 aromatic heterocycles. The average Bonchev–Trinajstić information content (AvgIpc) is 3.07. The van der Waals surface area contributed by atoms with Crippen molar-refractivity contribution in [1.82, 2.24) is 10.4 Å². The second-order valence-corrected chi connectivity index (χ2v) is 9.01. The standard InChI is InChI=1S/C16H13N3O3S.C7H16/c1-10(19-17-9-20)11-3-2-4-13(7-11)22-16-18-14-6-5-12(21)8-15(14)23-16;1-5-6-7(2,3)4/h2-9,21H,1H3,(H,17,20);5-6H2,1-4H3/b19-10+;. The van der Waals surface area contributed by atoms with Gasteiger partial charge in [-0.15, -0.1) is 0 Å². The average molecular weight is 428 g/mol. The van der Waals surface area contributed by atoms with Crippen LogP contribution in [-0.2, 0) is 4.79 Å². The molecule has 0 bridgehead atoms. The lowest BCUT2D eigenvalue weighted by Gasteiger charge is -2.15. The van der Waals surface area contributed by atoms with Crippen molar-refractivity contribution in [1.29, 1.82) is 0 Å². The third kappa shape index (κ3) is 7.48. The number of nitrogens with zero attached hydrogens (tertiary/aromatic N) is 2. The van der Waals surface area contributed by atoms with E-state index in [1.54, 1.807) is 25.1 Å². The van der Waals surface area contributed by atoms with Gasteiger partial charge in [-0.1, -0.05) is 57.6 Å². The lowest BCUT2D eigenvalue weighted by atomic mass is 9.91. The van der Waals surface area contributed by atoms with Crippen LogP contribution in [0, 0.1) is 5.41 Å². The summed E-state index contributed by atoms with van der Waals surface area (Å²) >= 11 is 1.35. The van der Waals surface area contributed by atoms with Gasteiger partial charge in [0.25, 0.3) is 5.19 Å². The topological polar surface area (TPSA) is 83.8 Å². The molecule has 160 valence electrons. The number of hydrogen-bond acceptors (Lipinski definition) is 6. The van der Waals surface area contributed by atoms with Gasteiger partial charge in [0, 0.05) is 5.56 Å². The number of amides is 1. The summed E-state index contributed by atoms with van der Waals surface area (Å²) in [5.74, 6) is 0.815. The van der Waals surface area contributed by atoms with Crippen molar-refractivity contribution in [2.45, 2.75) is 47.5 Å². The summed E-state index contributed by atoms with van der Waals surface area (Å²) in [6, 6.07) is 12.3. The van der Waals surface area contributed by atoms with Crippen molar-refractivity contribution in [3.05, 3.63) is 48.0 Å². The summed E-state index contributed by atoms with van der Waals surface area (Å²) in [6.07, 6.45) is 3.16. The summed E-state index contributed by atoms with van der Waals surface area (Å²) in [7, 11) is 0. The highest BCUT2D eigenvalue weighted by atomic mass is 32.1. The fourth-order valence-electron chi connectivity index (χ4n) is 2.76. The Morgan fingerprint density at radius 2 is 2.03 bits per heavy atom. The number of carbonyl (C=O) groups excluding carboxylic acids is 1. The van der Waals surface area contributed by atoms with Crippen LogP contribution in [-0.4, -0.2) is 22.2 Å². The van der Waals surface area contributed by atoms with E-state index in [0.717, 1.165) is 15.8 Å². The van der Waals surface area contributed by atoms with Crippen molar-refractivity contribution >= 4 is 33.7 Å². The van der Waals surface area contributed by atoms with Crippen LogP contribution in [0.1, 0.15) is 53.0 Å². The van der Waals surface area contributed by atoms with Crippen LogP contribution < -0.4 is 10.2 Å². The van der Waals surface area contributed by atoms with Gasteiger partial charge in [-0.05, 0) is 49.1 Å². The number of carbonyl (C=O) groups is 1. The van der Waals surface area contributed by atoms with E-state index in [9.17, 15) is 9.90 Å². The van der Waals surface area contributed by atoms with Crippen LogP contribution in [0.15, 0.2) is 47.6 Å². The van der Waals surface area contributed by atoms with E-state index in [-0.39, 0.29) is 5.75 Å². The molecule has 3 rings (SSSR count). The minimum Gasteiger partial charge on any atom is -0.508 e. The summed E-state index contributed by atoms with van der Waals surface area (Å²) in [5.41, 5.74) is 5.08. The number of hydrogen-bond donors (Lipinski definition) is 2. The number of thiazole rings is 1. The normalized spacial score (nSPS) is 11.6. The lowest BCUT2D eigenvalue weighted by Crippen LogP contribution is -2.06. The Morgan fingerprint density at radius 3 is 2.67 bits per heavy atom. The monoisotopic (exact) mass is 427 g/mol. The number of ether oxygens (including phenoxy) is 1. The Bertz CT molecular complexity index is 1010. The molecular formula is C23H29N3O3S. The first-order valence-electron chi connectivity index (χ1n) is 9.83. The van der Waals surface area contributed by atoms with Crippen LogP contribution in [0.4, 0.5) is 0 Å². The number of fused-ring (bicyclic) bond motifs is 1. The van der Waals surface area contributed by atoms with Gasteiger partial charge in [0.1, 0.15) is 11.5 Å². The van der Waals surface area contributed by atoms with Crippen molar-refractivity contribution in [3.8, 4) is 16.7 Å². The molecule has 0 atom stereocenters. The largest absolute Gasteiger partial charge is 0.508 e. The SMILES string of the molecule is C/C(=N\NC=O)c1cccc(Oc2nc3ccc(O)cc3s2)c1.CCCC(C)(C)C. The first-order chi connectivity index (χ1) is 14.2. The Hall–Kier alpha value is -2.93. The molecular weight excluding hydrogens is 398 g/mol. The zero-order valence-corrected chi connectivity index (χ0v) is 18.9. The molecule has 0 saturated carbocycles. The van der Waals surface area contributed by atoms with Crippen molar-refractivity contribution in [3.63, 3.8) is 0 Å². The lowest BCUT2D eigenvalue weighted by molar-refractivity contribution is -0.109. The van der Waals surface area contributed by atoms with E-state index in [1.807, 2.05) is 24.3 Å². The molecule has 0 unspecified atom stereocenters. The van der Waals surface area contributed by atoms with E-state index in [1.165, 1.54) is 24.2 Å². The molecule has 0 fully saturated rings. The van der Waals surface area contributed by atoms with Gasteiger partial charge in [-0.2, -0.15) is 5.10 Å². The highest BCUT2D eigenvalue weighted by molar-refractivity contribution is 7.20. The molecule has 6 nitrogen and oxygen atoms in total. The van der Waals surface area contributed by atoms with E-state index in [2.05, 4.69) is 43.2 Å². The molecule has 0 aliphatic rings. The summed E-state index contributed by atoms with van der Waals surface area (Å²) < 4.78 is 6.63. The van der Waals surface area contributed by atoms with Crippen molar-refractivity contribution in [2.24, 2.45) is 10.5 Å². The first-order valence-corrected chi connectivity index (χ1v) is 10.6. The second-order valence-electron chi connectivity index (χ2n) is 8.02. The molecule has 2 N–H and O–H groups in total. The molecule has 1 heterocycles. The number of benzene rings is 2. The molecule has 0 aliphatic carbocycles. The predicted molar refractivity (Wildman–Crippen MR) is 124 cm³/mol. The number of phenolic OH excluding ortho intramolecular Hbond substituents is 1. The number of phenols is 1.